The van der Waals surface area contributed by atoms with Crippen LogP contribution in [0.3, 0.4) is 0 Å². The first kappa shape index (κ1) is 36.0. The first-order valence-electron chi connectivity index (χ1n) is 17.8. The summed E-state index contributed by atoms with van der Waals surface area (Å²) < 4.78 is 13.4. The van der Waals surface area contributed by atoms with E-state index in [0.29, 0.717) is 0 Å². The fourth-order valence-electron chi connectivity index (χ4n) is 7.06. The van der Waals surface area contributed by atoms with Crippen molar-refractivity contribution in [3.63, 3.8) is 0 Å². The van der Waals surface area contributed by atoms with Crippen molar-refractivity contribution < 1.29 is 10.3 Å². The van der Waals surface area contributed by atoms with Gasteiger partial charge < -0.3 is 0 Å². The molecule has 52 heavy (non-hydrogen) atoms. The Morgan fingerprint density at radius 2 is 0.615 bits per heavy atom. The van der Waals surface area contributed by atoms with Crippen LogP contribution in [0.4, 0.5) is 0 Å². The molecule has 0 aliphatic heterocycles. The SMILES string of the molecule is C[C@H](c1ccccc1)n1ccn([C@H](C)c2ccccc2)[c]1=[Ru]([Cl])([Cl])(=[CH]c1ccccc1)=[c]1n([C@H](C)c2ccccc2)ccn1[C@H](C)c1ccccc1. The van der Waals surface area contributed by atoms with Crippen molar-refractivity contribution in [3.05, 3.63) is 212 Å². The van der Waals surface area contributed by atoms with Crippen molar-refractivity contribution in [2.45, 2.75) is 51.9 Å². The predicted octanol–water partition coefficient (Wildman–Crippen LogP) is 11.9. The van der Waals surface area contributed by atoms with Gasteiger partial charge in [-0.15, -0.1) is 0 Å². The van der Waals surface area contributed by atoms with E-state index in [-0.39, 0.29) is 24.2 Å². The van der Waals surface area contributed by atoms with Crippen molar-refractivity contribution in [2.75, 3.05) is 0 Å². The van der Waals surface area contributed by atoms with E-state index < -0.39 is 10.3 Å². The molecule has 0 radical (unpaired) electrons. The minimum atomic E-state index is -5.28. The molecule has 268 valence electrons. The van der Waals surface area contributed by atoms with E-state index in [0.717, 1.165) is 13.6 Å². The van der Waals surface area contributed by atoms with Crippen LogP contribution in [-0.4, -0.2) is 22.9 Å². The van der Waals surface area contributed by atoms with Gasteiger partial charge in [0.1, 0.15) is 0 Å². The van der Waals surface area contributed by atoms with Gasteiger partial charge in [0.15, 0.2) is 0 Å². The third-order valence-corrected chi connectivity index (χ3v) is 19.9. The zero-order chi connectivity index (χ0) is 36.3. The van der Waals surface area contributed by atoms with E-state index in [1.165, 1.54) is 22.3 Å². The van der Waals surface area contributed by atoms with E-state index in [9.17, 15) is 0 Å². The molecule has 2 heterocycles. The molecule has 0 N–H and O–H groups in total. The number of imidazole rings is 2. The number of halogens is 2. The fourth-order valence-corrected chi connectivity index (χ4v) is 18.7. The number of aromatic nitrogens is 4. The molecular formula is C45H46Cl2N4Ru. The van der Waals surface area contributed by atoms with Gasteiger partial charge in [-0.25, -0.2) is 0 Å². The molecule has 5 aromatic carbocycles. The van der Waals surface area contributed by atoms with Crippen LogP contribution >= 0.6 is 19.4 Å². The first-order chi connectivity index (χ1) is 25.2. The zero-order valence-corrected chi connectivity index (χ0v) is 33.3. The first-order valence-corrected chi connectivity index (χ1v) is 25.0. The van der Waals surface area contributed by atoms with Gasteiger partial charge in [0, 0.05) is 0 Å². The molecule has 0 saturated heterocycles. The number of hydrogen-bond acceptors (Lipinski definition) is 0. The van der Waals surface area contributed by atoms with Crippen LogP contribution in [0.1, 0.15) is 79.7 Å². The van der Waals surface area contributed by atoms with Crippen molar-refractivity contribution in [3.8, 4) is 0 Å². The summed E-state index contributed by atoms with van der Waals surface area (Å²) in [4.78, 5) is 0. The maximum absolute atomic E-state index is 8.81. The molecular weight excluding hydrogens is 768 g/mol. The third-order valence-electron chi connectivity index (χ3n) is 10.1. The second-order valence-electron chi connectivity index (χ2n) is 13.4. The Morgan fingerprint density at radius 3 is 0.865 bits per heavy atom. The van der Waals surface area contributed by atoms with Crippen LogP contribution in [0.25, 0.3) is 0 Å². The minimum absolute atomic E-state index is 0.0590. The summed E-state index contributed by atoms with van der Waals surface area (Å²) in [7, 11) is 12.3. The second kappa shape index (κ2) is 14.9. The van der Waals surface area contributed by atoms with Gasteiger partial charge in [0.25, 0.3) is 0 Å². The molecule has 0 saturated carbocycles. The summed E-state index contributed by atoms with van der Waals surface area (Å²) in [5.74, 6) is 0. The van der Waals surface area contributed by atoms with Crippen LogP contribution in [0.2, 0.25) is 0 Å². The standard InChI is InChI=1S/2C19H20N2.C7H6.2ClH.Ru/c2*1-16(18-9-5-3-6-10-18)20-13-14-21(15-20)17(2)19-11-7-4-8-12-19;1-7-5-3-2-4-6-7;;;/h2*3-14,16-17H,1-2H3;1-6H;2*1H;/q;;;;;+2/p-2/t2*16-,17-;;;;/m11..../s1. The van der Waals surface area contributed by atoms with Crippen molar-refractivity contribution >= 4 is 24.0 Å². The molecule has 0 spiro atoms. The topological polar surface area (TPSA) is 19.7 Å². The Bertz CT molecular complexity index is 2320. The Labute approximate surface area is 314 Å². The van der Waals surface area contributed by atoms with E-state index >= 15 is 0 Å². The quantitative estimate of drug-likeness (QED) is 0.129. The average Bonchev–Trinajstić information content (AvgIpc) is 3.86. The monoisotopic (exact) mass is 814 g/mol. The second-order valence-corrected chi connectivity index (χ2v) is 26.6. The molecule has 7 rings (SSSR count). The van der Waals surface area contributed by atoms with Crippen molar-refractivity contribution in [1.82, 2.24) is 18.3 Å². The maximum atomic E-state index is 8.81. The van der Waals surface area contributed by atoms with Gasteiger partial charge in [-0.2, -0.15) is 0 Å². The summed E-state index contributed by atoms with van der Waals surface area (Å²) in [6.45, 7) is 8.96. The number of benzene rings is 5. The molecule has 4 atom stereocenters. The Morgan fingerprint density at radius 1 is 0.385 bits per heavy atom. The number of hydrogen-bond donors (Lipinski definition) is 0. The summed E-state index contributed by atoms with van der Waals surface area (Å²) >= 11 is 0. The van der Waals surface area contributed by atoms with E-state index in [2.05, 4.69) is 221 Å². The molecule has 7 heteroatoms. The van der Waals surface area contributed by atoms with E-state index in [1.807, 2.05) is 6.07 Å². The van der Waals surface area contributed by atoms with E-state index in [4.69, 9.17) is 19.4 Å². The molecule has 0 unspecified atom stereocenters. The molecule has 0 aliphatic carbocycles. The molecule has 4 nitrogen and oxygen atoms in total. The third kappa shape index (κ3) is 6.79. The molecule has 0 aliphatic rings. The van der Waals surface area contributed by atoms with Crippen LogP contribution in [0.15, 0.2) is 176 Å². The van der Waals surface area contributed by atoms with Gasteiger partial charge in [0.05, 0.1) is 0 Å². The normalized spacial score (nSPS) is 14.8. The van der Waals surface area contributed by atoms with Gasteiger partial charge in [-0.05, 0) is 0 Å². The van der Waals surface area contributed by atoms with Crippen molar-refractivity contribution in [2.24, 2.45) is 0 Å². The summed E-state index contributed by atoms with van der Waals surface area (Å²) in [5, 5.41) is 0. The number of nitrogens with zero attached hydrogens (tertiary/aromatic N) is 4. The molecule has 2 aromatic heterocycles. The van der Waals surface area contributed by atoms with Gasteiger partial charge in [-0.3, -0.25) is 0 Å². The molecule has 0 fully saturated rings. The molecule has 7 aromatic rings. The summed E-state index contributed by atoms with van der Waals surface area (Å²) in [5.41, 5.74) is 5.69. The zero-order valence-electron chi connectivity index (χ0n) is 30.0. The predicted molar refractivity (Wildman–Crippen MR) is 216 cm³/mol. The van der Waals surface area contributed by atoms with Gasteiger partial charge >= 0.3 is 317 Å². The van der Waals surface area contributed by atoms with Crippen molar-refractivity contribution in [1.29, 1.82) is 0 Å². The summed E-state index contributed by atoms with van der Waals surface area (Å²) in [6, 6.07) is 52.6. The van der Waals surface area contributed by atoms with Gasteiger partial charge in [-0.1, -0.05) is 0 Å². The van der Waals surface area contributed by atoms with Crippen LogP contribution in [-0.2, 0) is 10.3 Å². The fraction of sp³-hybridized carbons (Fsp3) is 0.178. The van der Waals surface area contributed by atoms with Crippen LogP contribution < -0.4 is 0 Å². The Balaban J connectivity index is 1.81. The Hall–Kier alpha value is -4.41. The molecule has 0 amide bonds. The Kier molecular flexibility index (Phi) is 10.3. The molecule has 0 bridgehead atoms. The van der Waals surface area contributed by atoms with Gasteiger partial charge in [0.2, 0.25) is 0 Å². The summed E-state index contributed by atoms with van der Waals surface area (Å²) in [6.07, 6.45) is 8.70. The van der Waals surface area contributed by atoms with Crippen LogP contribution in [0.5, 0.6) is 0 Å². The van der Waals surface area contributed by atoms with E-state index in [1.54, 1.807) is 0 Å². The average molecular weight is 815 g/mol. The van der Waals surface area contributed by atoms with Crippen LogP contribution in [0, 0.1) is 8.03 Å². The number of rotatable bonds is 9.